The fourth-order valence-electron chi connectivity index (χ4n) is 4.03. The van der Waals surface area contributed by atoms with Gasteiger partial charge < -0.3 is 25.6 Å². The number of alkyl halides is 3. The van der Waals surface area contributed by atoms with Gasteiger partial charge in [-0.15, -0.1) is 0 Å². The third-order valence-corrected chi connectivity index (χ3v) is 6.04. The lowest BCUT2D eigenvalue weighted by molar-refractivity contribution is -0.138. The third-order valence-electron chi connectivity index (χ3n) is 6.04. The summed E-state index contributed by atoms with van der Waals surface area (Å²) in [7, 11) is 0. The van der Waals surface area contributed by atoms with Crippen LogP contribution in [-0.4, -0.2) is 51.6 Å². The van der Waals surface area contributed by atoms with E-state index < -0.39 is 42.6 Å². The van der Waals surface area contributed by atoms with Crippen molar-refractivity contribution in [3.63, 3.8) is 0 Å². The molecule has 9 nitrogen and oxygen atoms in total. The maximum absolute atomic E-state index is 13.7. The molecule has 1 amide bonds. The summed E-state index contributed by atoms with van der Waals surface area (Å²) in [6, 6.07) is 9.13. The molecule has 2 aliphatic heterocycles. The van der Waals surface area contributed by atoms with E-state index in [4.69, 9.17) is 9.84 Å². The minimum Gasteiger partial charge on any atom is -0.475 e. The first-order chi connectivity index (χ1) is 17.1. The first-order valence-corrected chi connectivity index (χ1v) is 11.1. The molecule has 0 saturated carbocycles. The molecule has 3 atom stereocenters. The zero-order valence-corrected chi connectivity index (χ0v) is 19.5. The van der Waals surface area contributed by atoms with Crippen LogP contribution in [-0.2, 0) is 6.18 Å². The largest absolute Gasteiger partial charge is 0.475 e. The Labute approximate surface area is 205 Å². The first kappa shape index (κ1) is 25.5. The molecular formula is C24H26F3N5O4. The Morgan fingerprint density at radius 2 is 1.94 bits per heavy atom. The van der Waals surface area contributed by atoms with Crippen molar-refractivity contribution in [1.82, 2.24) is 26.1 Å². The van der Waals surface area contributed by atoms with Crippen LogP contribution in [0.4, 0.5) is 13.2 Å². The Balaban J connectivity index is 1.53. The summed E-state index contributed by atoms with van der Waals surface area (Å²) in [5.74, 6) is -0.189. The topological polar surface area (TPSA) is 119 Å². The molecule has 12 heteroatoms. The number of rotatable bonds is 7. The number of aromatic nitrogens is 1. The number of nitrogens with zero attached hydrogens (tertiary/aromatic N) is 2. The highest BCUT2D eigenvalue weighted by atomic mass is 19.4. The van der Waals surface area contributed by atoms with Gasteiger partial charge in [0.05, 0.1) is 18.2 Å². The number of nitrogens with one attached hydrogen (secondary N) is 3. The van der Waals surface area contributed by atoms with Gasteiger partial charge in [0, 0.05) is 12.3 Å². The van der Waals surface area contributed by atoms with E-state index in [0.717, 1.165) is 17.2 Å². The Morgan fingerprint density at radius 1 is 1.19 bits per heavy atom. The highest BCUT2D eigenvalue weighted by Crippen LogP contribution is 2.40. The van der Waals surface area contributed by atoms with Crippen LogP contribution < -0.4 is 20.8 Å². The Hall–Kier alpha value is -3.61. The van der Waals surface area contributed by atoms with E-state index in [1.54, 1.807) is 30.3 Å². The monoisotopic (exact) mass is 505 g/mol. The molecule has 3 unspecified atom stereocenters. The van der Waals surface area contributed by atoms with Gasteiger partial charge in [-0.3, -0.25) is 9.80 Å². The van der Waals surface area contributed by atoms with Gasteiger partial charge in [-0.25, -0.2) is 10.4 Å². The minimum absolute atomic E-state index is 0.0229. The number of halogens is 3. The van der Waals surface area contributed by atoms with Crippen LogP contribution in [0.1, 0.15) is 41.5 Å². The van der Waals surface area contributed by atoms with Gasteiger partial charge in [0.15, 0.2) is 0 Å². The average molecular weight is 505 g/mol. The second-order valence-corrected chi connectivity index (χ2v) is 8.44. The second kappa shape index (κ2) is 10.2. The number of pyridine rings is 1. The molecule has 1 aromatic carbocycles. The number of aliphatic hydroxyl groups is 2. The average Bonchev–Trinajstić information content (AvgIpc) is 3.26. The van der Waals surface area contributed by atoms with Crippen LogP contribution >= 0.6 is 0 Å². The zero-order chi connectivity index (χ0) is 26.0. The quantitative estimate of drug-likeness (QED) is 0.364. The van der Waals surface area contributed by atoms with Crippen molar-refractivity contribution < 1.29 is 32.9 Å². The standard InChI is InChI=1S/C24H26F3N5O4/c1-13-14(2)22-28-10-19(30-23(35)18-8-5-9-20(29-18)36-12-15(34)11-33)32(22)31-21(13)16-6-3-4-7-17(16)24(25,26)27/h3-10,15,21-22,28,31,33-34H,11-12H2,1-2H3,(H,30,35). The molecule has 0 spiro atoms. The molecule has 3 heterocycles. The summed E-state index contributed by atoms with van der Waals surface area (Å²) >= 11 is 0. The van der Waals surface area contributed by atoms with Crippen molar-refractivity contribution in [1.29, 1.82) is 0 Å². The SMILES string of the molecule is CC1=C(C)C2NC=C(NC(=O)c3cccc(OCC(O)CO)n3)N2NC1c1ccccc1C(F)(F)F. The predicted molar refractivity (Wildman–Crippen MR) is 123 cm³/mol. The molecule has 0 radical (unpaired) electrons. The van der Waals surface area contributed by atoms with E-state index in [1.165, 1.54) is 24.3 Å². The summed E-state index contributed by atoms with van der Waals surface area (Å²) < 4.78 is 46.4. The molecule has 2 aromatic rings. The van der Waals surface area contributed by atoms with Crippen LogP contribution in [0.3, 0.4) is 0 Å². The molecule has 2 aliphatic rings. The lowest BCUT2D eigenvalue weighted by atomic mass is 9.90. The highest BCUT2D eigenvalue weighted by molar-refractivity contribution is 5.93. The van der Waals surface area contributed by atoms with Gasteiger partial charge in [-0.2, -0.15) is 13.2 Å². The molecule has 0 saturated heterocycles. The van der Waals surface area contributed by atoms with E-state index in [9.17, 15) is 23.1 Å². The lowest BCUT2D eigenvalue weighted by Crippen LogP contribution is -2.54. The number of ether oxygens (including phenoxy) is 1. The van der Waals surface area contributed by atoms with Crippen LogP contribution in [0.2, 0.25) is 0 Å². The minimum atomic E-state index is -4.52. The van der Waals surface area contributed by atoms with Crippen molar-refractivity contribution in [2.45, 2.75) is 38.3 Å². The van der Waals surface area contributed by atoms with Crippen molar-refractivity contribution in [3.8, 4) is 5.88 Å². The first-order valence-electron chi connectivity index (χ1n) is 11.1. The van der Waals surface area contributed by atoms with E-state index in [1.807, 2.05) is 6.92 Å². The Bertz CT molecular complexity index is 1200. The molecule has 192 valence electrons. The van der Waals surface area contributed by atoms with Gasteiger partial charge in [-0.05, 0) is 42.7 Å². The van der Waals surface area contributed by atoms with E-state index >= 15 is 0 Å². The Kier molecular flexibility index (Phi) is 7.20. The fourth-order valence-corrected chi connectivity index (χ4v) is 4.03. The number of benzene rings is 1. The molecule has 4 rings (SSSR count). The number of fused-ring (bicyclic) bond motifs is 1. The number of hydrazine groups is 1. The summed E-state index contributed by atoms with van der Waals surface area (Å²) in [4.78, 5) is 17.0. The van der Waals surface area contributed by atoms with Crippen LogP contribution in [0, 0.1) is 0 Å². The van der Waals surface area contributed by atoms with Gasteiger partial charge >= 0.3 is 6.18 Å². The lowest BCUT2D eigenvalue weighted by Gasteiger charge is -2.40. The number of aliphatic hydroxyl groups excluding tert-OH is 2. The van der Waals surface area contributed by atoms with E-state index in [2.05, 4.69) is 21.0 Å². The summed E-state index contributed by atoms with van der Waals surface area (Å²) in [5, 5.41) is 25.7. The van der Waals surface area contributed by atoms with Crippen molar-refractivity contribution in [2.24, 2.45) is 0 Å². The zero-order valence-electron chi connectivity index (χ0n) is 19.5. The van der Waals surface area contributed by atoms with Gasteiger partial charge in [0.2, 0.25) is 5.88 Å². The number of carbonyl (C=O) groups excluding carboxylic acids is 1. The number of carbonyl (C=O) groups is 1. The fraction of sp³-hybridized carbons (Fsp3) is 0.333. The van der Waals surface area contributed by atoms with Crippen LogP contribution in [0.5, 0.6) is 5.88 Å². The maximum Gasteiger partial charge on any atom is 0.416 e. The third kappa shape index (κ3) is 5.15. The maximum atomic E-state index is 13.7. The summed E-state index contributed by atoms with van der Waals surface area (Å²) in [5.41, 5.74) is 4.03. The number of hydrogen-bond donors (Lipinski definition) is 5. The van der Waals surface area contributed by atoms with Crippen LogP contribution in [0.25, 0.3) is 0 Å². The molecule has 1 aromatic heterocycles. The van der Waals surface area contributed by atoms with Gasteiger partial charge in [0.1, 0.15) is 30.4 Å². The normalized spacial score (nSPS) is 20.4. The van der Waals surface area contributed by atoms with Crippen molar-refractivity contribution >= 4 is 5.91 Å². The molecule has 0 fully saturated rings. The van der Waals surface area contributed by atoms with Crippen LogP contribution in [0.15, 0.2) is 65.6 Å². The molecule has 0 aliphatic carbocycles. The van der Waals surface area contributed by atoms with Crippen molar-refractivity contribution in [2.75, 3.05) is 13.2 Å². The van der Waals surface area contributed by atoms with E-state index in [0.29, 0.717) is 5.82 Å². The van der Waals surface area contributed by atoms with Gasteiger partial charge in [-0.1, -0.05) is 24.3 Å². The summed E-state index contributed by atoms with van der Waals surface area (Å²) in [6.07, 6.45) is -4.46. The van der Waals surface area contributed by atoms with Gasteiger partial charge in [0.25, 0.3) is 5.91 Å². The highest BCUT2D eigenvalue weighted by Gasteiger charge is 2.41. The summed E-state index contributed by atoms with van der Waals surface area (Å²) in [6.45, 7) is 2.92. The second-order valence-electron chi connectivity index (χ2n) is 8.44. The smallest absolute Gasteiger partial charge is 0.416 e. The van der Waals surface area contributed by atoms with Crippen molar-refractivity contribution in [3.05, 3.63) is 82.5 Å². The molecule has 5 N–H and O–H groups in total. The number of amides is 1. The Morgan fingerprint density at radius 3 is 2.67 bits per heavy atom. The van der Waals surface area contributed by atoms with E-state index in [-0.39, 0.29) is 23.7 Å². The molecular weight excluding hydrogens is 479 g/mol. The molecule has 0 bridgehead atoms. The molecule has 36 heavy (non-hydrogen) atoms. The number of hydrogen-bond acceptors (Lipinski definition) is 8. The predicted octanol–water partition coefficient (Wildman–Crippen LogP) is 2.19.